The first-order chi connectivity index (χ1) is 27.6. The third-order valence-electron chi connectivity index (χ3n) is 10.3. The molecule has 0 unspecified atom stereocenters. The number of carbonyl (C=O) groups is 1. The van der Waals surface area contributed by atoms with Crippen LogP contribution in [-0.2, 0) is 29.3 Å². The van der Waals surface area contributed by atoms with E-state index in [-0.39, 0.29) is 0 Å². The van der Waals surface area contributed by atoms with Gasteiger partial charge in [0.25, 0.3) is 0 Å². The number of benzene rings is 5. The van der Waals surface area contributed by atoms with Gasteiger partial charge >= 0.3 is 5.97 Å². The molecule has 302 valence electrons. The Morgan fingerprint density at radius 2 is 0.948 bits per heavy atom. The second-order valence-corrected chi connectivity index (χ2v) is 17.8. The number of nitrogens with one attached hydrogen (secondary N) is 2. The normalized spacial score (nSPS) is 16.0. The Bertz CT molecular complexity index is 2230. The van der Waals surface area contributed by atoms with Crippen LogP contribution in [0.5, 0.6) is 0 Å². The number of anilines is 2. The van der Waals surface area contributed by atoms with Crippen molar-refractivity contribution in [2.45, 2.75) is 45.1 Å². The fraction of sp³-hybridized carbons (Fsp3) is 0.239. The van der Waals surface area contributed by atoms with Gasteiger partial charge in [0, 0.05) is 69.9 Å². The van der Waals surface area contributed by atoms with Crippen molar-refractivity contribution in [2.24, 2.45) is 0 Å². The van der Waals surface area contributed by atoms with Gasteiger partial charge in [0.05, 0.1) is 10.6 Å². The Kier molecular flexibility index (Phi) is 14.0. The number of cyclic esters (lactones) is 1. The van der Waals surface area contributed by atoms with Gasteiger partial charge in [-0.15, -0.1) is 0 Å². The van der Waals surface area contributed by atoms with Crippen LogP contribution in [-0.4, -0.2) is 46.2 Å². The number of halogens is 4. The van der Waals surface area contributed by atoms with Crippen LogP contribution in [0.2, 0.25) is 5.02 Å². The summed E-state index contributed by atoms with van der Waals surface area (Å²) in [6, 6.07) is 32.7. The third kappa shape index (κ3) is 9.31. The fourth-order valence-corrected chi connectivity index (χ4v) is 9.74. The summed E-state index contributed by atoms with van der Waals surface area (Å²) in [5.41, 5.74) is 8.98. The summed E-state index contributed by atoms with van der Waals surface area (Å²) in [4.78, 5) is 14.4. The van der Waals surface area contributed by atoms with Crippen LogP contribution >= 0.6 is 79.4 Å². The lowest BCUT2D eigenvalue weighted by atomic mass is 9.83. The predicted octanol–water partition coefficient (Wildman–Crippen LogP) is 12.2. The SMILES string of the molecule is COC(C)(Nc1ccc(/C(=C/C2(/C=C(\c3ccc(C)cc3)c3ccc(NC(C)(OC)OC)cc3)OC(=O)c3c(I)c(I)c(Cl)c(I)c32)c2ccc(C)cc2)cc1)OC. The number of hydrogen-bond acceptors (Lipinski definition) is 8. The van der Waals surface area contributed by atoms with E-state index in [1.165, 1.54) is 0 Å². The molecule has 0 saturated heterocycles. The van der Waals surface area contributed by atoms with Gasteiger partial charge in [-0.2, -0.15) is 0 Å². The molecule has 0 atom stereocenters. The first-order valence-electron chi connectivity index (χ1n) is 18.3. The summed E-state index contributed by atoms with van der Waals surface area (Å²) < 4.78 is 31.3. The van der Waals surface area contributed by atoms with Crippen molar-refractivity contribution in [3.8, 4) is 0 Å². The highest BCUT2D eigenvalue weighted by Crippen LogP contribution is 2.50. The van der Waals surface area contributed by atoms with Crippen molar-refractivity contribution in [1.82, 2.24) is 0 Å². The molecule has 5 aromatic rings. The summed E-state index contributed by atoms with van der Waals surface area (Å²) in [6.07, 6.45) is 4.12. The maximum atomic E-state index is 14.4. The van der Waals surface area contributed by atoms with E-state index in [2.05, 4.69) is 153 Å². The molecule has 0 saturated carbocycles. The minimum absolute atomic E-state index is 0.429. The number of fused-ring (bicyclic) bond motifs is 1. The molecule has 58 heavy (non-hydrogen) atoms. The molecule has 6 rings (SSSR count). The van der Waals surface area contributed by atoms with E-state index < -0.39 is 23.4 Å². The van der Waals surface area contributed by atoms with Crippen LogP contribution in [0.25, 0.3) is 11.1 Å². The number of hydrogen-bond donors (Lipinski definition) is 2. The molecule has 2 N–H and O–H groups in total. The largest absolute Gasteiger partial charge is 0.442 e. The Hall–Kier alpha value is -3.03. The van der Waals surface area contributed by atoms with E-state index in [4.69, 9.17) is 35.3 Å². The van der Waals surface area contributed by atoms with Gasteiger partial charge in [-0.25, -0.2) is 4.79 Å². The van der Waals surface area contributed by atoms with E-state index in [1.807, 2.05) is 62.4 Å². The minimum atomic E-state index is -1.42. The Morgan fingerprint density at radius 3 is 1.29 bits per heavy atom. The number of rotatable bonds is 14. The van der Waals surface area contributed by atoms with Gasteiger partial charge in [0.15, 0.2) is 5.60 Å². The van der Waals surface area contributed by atoms with Gasteiger partial charge in [-0.05, 0) is 151 Å². The van der Waals surface area contributed by atoms with E-state index in [0.717, 1.165) is 66.6 Å². The highest BCUT2D eigenvalue weighted by Gasteiger charge is 2.48. The number of ether oxygens (including phenoxy) is 5. The lowest BCUT2D eigenvalue weighted by Crippen LogP contribution is -2.38. The lowest BCUT2D eigenvalue weighted by molar-refractivity contribution is -0.171. The van der Waals surface area contributed by atoms with Gasteiger partial charge in [0.1, 0.15) is 0 Å². The fourth-order valence-electron chi connectivity index (χ4n) is 6.61. The Labute approximate surface area is 386 Å². The Morgan fingerprint density at radius 1 is 0.603 bits per heavy atom. The molecule has 0 amide bonds. The maximum absolute atomic E-state index is 14.4. The van der Waals surface area contributed by atoms with Crippen LogP contribution in [0.15, 0.2) is 109 Å². The standard InChI is InChI=1S/C46H44ClI3N2O6/c1-27-9-13-29(14-10-27)35(31-17-21-33(22-18-31)51-44(3,54-5)55-6)25-46(38-37(43(53)58-46)40(48)42(50)39(47)41(38)49)26-36(30-15-11-28(2)12-16-30)32-19-23-34(24-20-32)52-45(4,56-7)57-8/h9-26,51-52H,1-8H3/b35-25+,36-26+. The van der Waals surface area contributed by atoms with Crippen LogP contribution < -0.4 is 10.6 Å². The second-order valence-electron chi connectivity index (χ2n) is 14.1. The molecule has 5 aromatic carbocycles. The first kappa shape index (κ1) is 44.5. The molecule has 1 aliphatic rings. The predicted molar refractivity (Wildman–Crippen MR) is 258 cm³/mol. The van der Waals surface area contributed by atoms with Gasteiger partial charge < -0.3 is 34.3 Å². The van der Waals surface area contributed by atoms with Crippen LogP contribution in [0, 0.1) is 24.6 Å². The Balaban J connectivity index is 1.66. The summed E-state index contributed by atoms with van der Waals surface area (Å²) >= 11 is 13.8. The first-order valence-corrected chi connectivity index (χ1v) is 21.9. The topological polar surface area (TPSA) is 87.3 Å². The highest BCUT2D eigenvalue weighted by molar-refractivity contribution is 14.1. The monoisotopic (exact) mass is 1140 g/mol. The third-order valence-corrected chi connectivity index (χ3v) is 15.5. The zero-order valence-electron chi connectivity index (χ0n) is 33.4. The van der Waals surface area contributed by atoms with Crippen molar-refractivity contribution < 1.29 is 28.5 Å². The summed E-state index contributed by atoms with van der Waals surface area (Å²) in [6.45, 7) is 7.73. The maximum Gasteiger partial charge on any atom is 0.341 e. The van der Waals surface area contributed by atoms with Crippen molar-refractivity contribution in [1.29, 1.82) is 0 Å². The molecule has 0 aliphatic carbocycles. The molecule has 1 heterocycles. The molecule has 12 heteroatoms. The summed E-state index contributed by atoms with van der Waals surface area (Å²) in [5.74, 6) is -2.47. The molecule has 0 fully saturated rings. The van der Waals surface area contributed by atoms with Gasteiger partial charge in [0.2, 0.25) is 11.8 Å². The molecule has 0 bridgehead atoms. The van der Waals surface area contributed by atoms with Gasteiger partial charge in [-0.1, -0.05) is 95.5 Å². The van der Waals surface area contributed by atoms with Crippen LogP contribution in [0.1, 0.15) is 63.1 Å². The van der Waals surface area contributed by atoms with Crippen LogP contribution in [0.3, 0.4) is 0 Å². The molecule has 0 radical (unpaired) electrons. The smallest absolute Gasteiger partial charge is 0.341 e. The molecule has 0 spiro atoms. The second kappa shape index (κ2) is 18.3. The zero-order chi connectivity index (χ0) is 42.0. The van der Waals surface area contributed by atoms with Crippen molar-refractivity contribution in [2.75, 3.05) is 39.1 Å². The highest BCUT2D eigenvalue weighted by atomic mass is 127. The zero-order valence-corrected chi connectivity index (χ0v) is 40.6. The number of methoxy groups -OCH3 is 4. The molecule has 0 aromatic heterocycles. The van der Waals surface area contributed by atoms with Crippen molar-refractivity contribution in [3.63, 3.8) is 0 Å². The number of aryl methyl sites for hydroxylation is 2. The molecular weight excluding hydrogens is 1090 g/mol. The van der Waals surface area contributed by atoms with Crippen molar-refractivity contribution >= 4 is 108 Å². The van der Waals surface area contributed by atoms with E-state index >= 15 is 0 Å². The van der Waals surface area contributed by atoms with E-state index in [0.29, 0.717) is 16.1 Å². The number of esters is 1. The van der Waals surface area contributed by atoms with Gasteiger partial charge in [-0.3, -0.25) is 0 Å². The molecule has 8 nitrogen and oxygen atoms in total. The minimum Gasteiger partial charge on any atom is -0.442 e. The van der Waals surface area contributed by atoms with Crippen molar-refractivity contribution in [3.05, 3.63) is 169 Å². The molecule has 1 aliphatic heterocycles. The van der Waals surface area contributed by atoms with E-state index in [9.17, 15) is 4.79 Å². The molecular formula is C46H44ClI3N2O6. The number of carbonyl (C=O) groups excluding carboxylic acids is 1. The lowest BCUT2D eigenvalue weighted by Gasteiger charge is -2.29. The average Bonchev–Trinajstić information content (AvgIpc) is 3.52. The van der Waals surface area contributed by atoms with Crippen LogP contribution in [0.4, 0.5) is 11.4 Å². The van der Waals surface area contributed by atoms with E-state index in [1.54, 1.807) is 28.4 Å². The average molecular weight is 1140 g/mol. The summed E-state index contributed by atoms with van der Waals surface area (Å²) in [7, 11) is 6.34. The quantitative estimate of drug-likeness (QED) is 0.0374. The summed E-state index contributed by atoms with van der Waals surface area (Å²) in [5, 5.41) is 7.17.